The van der Waals surface area contributed by atoms with Crippen LogP contribution in [0.15, 0.2) is 6.07 Å². The Morgan fingerprint density at radius 2 is 2.05 bits per heavy atom. The van der Waals surface area contributed by atoms with Crippen molar-refractivity contribution in [1.29, 1.82) is 0 Å². The molecule has 0 fully saturated rings. The number of hydrogen-bond donors (Lipinski definition) is 2. The number of aryl methyl sites for hydroxylation is 4. The molecule has 2 aromatic rings. The Bertz CT molecular complexity index is 593. The van der Waals surface area contributed by atoms with Crippen LogP contribution >= 0.6 is 11.3 Å². The van der Waals surface area contributed by atoms with E-state index in [9.17, 15) is 4.79 Å². The molecule has 0 saturated carbocycles. The average Bonchev–Trinajstić information content (AvgIpc) is 2.81. The summed E-state index contributed by atoms with van der Waals surface area (Å²) < 4.78 is 0. The van der Waals surface area contributed by atoms with Gasteiger partial charge in [-0.2, -0.15) is 5.10 Å². The Balaban J connectivity index is 2.18. The van der Waals surface area contributed by atoms with Crippen LogP contribution < -0.4 is 5.32 Å². The number of nitrogens with one attached hydrogen (secondary N) is 2. The minimum atomic E-state index is -0.0699. The van der Waals surface area contributed by atoms with Crippen molar-refractivity contribution in [3.63, 3.8) is 0 Å². The SMILES string of the molecule is Cc1cc(C(C)NC(=O)c2c(C)n[nH]c2C)c(C)s1. The molecule has 2 rings (SSSR count). The molecule has 0 spiro atoms. The molecule has 0 aliphatic heterocycles. The van der Waals surface area contributed by atoms with Gasteiger partial charge >= 0.3 is 0 Å². The van der Waals surface area contributed by atoms with Crippen LogP contribution in [0, 0.1) is 27.7 Å². The molecule has 19 heavy (non-hydrogen) atoms. The molecule has 2 N–H and O–H groups in total. The highest BCUT2D eigenvalue weighted by molar-refractivity contribution is 7.12. The lowest BCUT2D eigenvalue weighted by molar-refractivity contribution is 0.0938. The second kappa shape index (κ2) is 5.17. The van der Waals surface area contributed by atoms with Crippen molar-refractivity contribution < 1.29 is 4.79 Å². The fourth-order valence-electron chi connectivity index (χ4n) is 2.31. The Morgan fingerprint density at radius 3 is 2.53 bits per heavy atom. The van der Waals surface area contributed by atoms with Crippen LogP contribution in [-0.4, -0.2) is 16.1 Å². The summed E-state index contributed by atoms with van der Waals surface area (Å²) in [6.45, 7) is 9.88. The first-order valence-electron chi connectivity index (χ1n) is 6.29. The van der Waals surface area contributed by atoms with E-state index in [2.05, 4.69) is 35.4 Å². The maximum atomic E-state index is 12.3. The number of hydrogen-bond acceptors (Lipinski definition) is 3. The van der Waals surface area contributed by atoms with Crippen molar-refractivity contribution in [2.75, 3.05) is 0 Å². The molecule has 0 radical (unpaired) electrons. The predicted molar refractivity (Wildman–Crippen MR) is 77.7 cm³/mol. The van der Waals surface area contributed by atoms with Crippen molar-refractivity contribution in [2.45, 2.75) is 40.7 Å². The summed E-state index contributed by atoms with van der Waals surface area (Å²) >= 11 is 1.76. The normalized spacial score (nSPS) is 12.5. The van der Waals surface area contributed by atoms with Gasteiger partial charge in [0, 0.05) is 15.4 Å². The molecule has 1 atom stereocenters. The highest BCUT2D eigenvalue weighted by Gasteiger charge is 2.19. The van der Waals surface area contributed by atoms with Crippen molar-refractivity contribution in [2.24, 2.45) is 0 Å². The van der Waals surface area contributed by atoms with Gasteiger partial charge in [-0.15, -0.1) is 11.3 Å². The number of carbonyl (C=O) groups is 1. The zero-order valence-electron chi connectivity index (χ0n) is 11.9. The number of aromatic nitrogens is 2. The molecular weight excluding hydrogens is 258 g/mol. The number of H-pyrrole nitrogens is 1. The Morgan fingerprint density at radius 1 is 1.37 bits per heavy atom. The van der Waals surface area contributed by atoms with E-state index in [1.807, 2.05) is 20.8 Å². The summed E-state index contributed by atoms with van der Waals surface area (Å²) in [5, 5.41) is 9.93. The van der Waals surface area contributed by atoms with Crippen LogP contribution in [-0.2, 0) is 0 Å². The van der Waals surface area contributed by atoms with Gasteiger partial charge in [0.15, 0.2) is 0 Å². The van der Waals surface area contributed by atoms with Crippen molar-refractivity contribution in [3.8, 4) is 0 Å². The molecule has 102 valence electrons. The Hall–Kier alpha value is -1.62. The lowest BCUT2D eigenvalue weighted by Gasteiger charge is -2.14. The number of rotatable bonds is 3. The number of nitrogens with zero attached hydrogens (tertiary/aromatic N) is 1. The number of aromatic amines is 1. The third-order valence-electron chi connectivity index (χ3n) is 3.25. The van der Waals surface area contributed by atoms with Gasteiger partial charge in [0.1, 0.15) is 0 Å². The van der Waals surface area contributed by atoms with Crippen LogP contribution in [0.1, 0.15) is 50.0 Å². The lowest BCUT2D eigenvalue weighted by Crippen LogP contribution is -2.27. The van der Waals surface area contributed by atoms with E-state index in [1.165, 1.54) is 15.3 Å². The third kappa shape index (κ3) is 2.71. The Labute approximate surface area is 117 Å². The van der Waals surface area contributed by atoms with Gasteiger partial charge in [-0.25, -0.2) is 0 Å². The molecule has 1 amide bonds. The van der Waals surface area contributed by atoms with Gasteiger partial charge < -0.3 is 5.32 Å². The van der Waals surface area contributed by atoms with E-state index in [1.54, 1.807) is 11.3 Å². The van der Waals surface area contributed by atoms with Gasteiger partial charge in [0.2, 0.25) is 0 Å². The van der Waals surface area contributed by atoms with E-state index in [-0.39, 0.29) is 11.9 Å². The zero-order chi connectivity index (χ0) is 14.2. The van der Waals surface area contributed by atoms with Crippen LogP contribution in [0.3, 0.4) is 0 Å². The van der Waals surface area contributed by atoms with Gasteiger partial charge in [-0.3, -0.25) is 9.89 Å². The van der Waals surface area contributed by atoms with Crippen LogP contribution in [0.4, 0.5) is 0 Å². The van der Waals surface area contributed by atoms with Gasteiger partial charge in [-0.05, 0) is 46.2 Å². The molecule has 5 heteroatoms. The van der Waals surface area contributed by atoms with Crippen LogP contribution in [0.2, 0.25) is 0 Å². The summed E-state index contributed by atoms with van der Waals surface area (Å²) in [7, 11) is 0. The monoisotopic (exact) mass is 277 g/mol. The number of amides is 1. The van der Waals surface area contributed by atoms with Gasteiger partial charge in [0.05, 0.1) is 17.3 Å². The summed E-state index contributed by atoms with van der Waals surface area (Å²) in [5.74, 6) is -0.0699. The first-order valence-corrected chi connectivity index (χ1v) is 7.11. The van der Waals surface area contributed by atoms with Crippen molar-refractivity contribution in [1.82, 2.24) is 15.5 Å². The standard InChI is InChI=1S/C14H19N3OS/c1-7-6-12(11(5)19-7)8(2)15-14(18)13-9(3)16-17-10(13)4/h6,8H,1-5H3,(H,15,18)(H,16,17). The van der Waals surface area contributed by atoms with E-state index in [4.69, 9.17) is 0 Å². The molecule has 0 aromatic carbocycles. The molecule has 1 unspecified atom stereocenters. The largest absolute Gasteiger partial charge is 0.345 e. The highest BCUT2D eigenvalue weighted by Crippen LogP contribution is 2.26. The molecule has 2 heterocycles. The Kier molecular flexibility index (Phi) is 3.75. The third-order valence-corrected chi connectivity index (χ3v) is 4.23. The average molecular weight is 277 g/mol. The molecule has 0 saturated heterocycles. The van der Waals surface area contributed by atoms with Crippen LogP contribution in [0.25, 0.3) is 0 Å². The molecule has 2 aromatic heterocycles. The van der Waals surface area contributed by atoms with Gasteiger partial charge in [-0.1, -0.05) is 0 Å². The highest BCUT2D eigenvalue weighted by atomic mass is 32.1. The molecular formula is C14H19N3OS. The minimum absolute atomic E-state index is 0.00569. The fourth-order valence-corrected chi connectivity index (χ4v) is 3.33. The molecule has 4 nitrogen and oxygen atoms in total. The second-order valence-electron chi connectivity index (χ2n) is 4.87. The van der Waals surface area contributed by atoms with E-state index >= 15 is 0 Å². The summed E-state index contributed by atoms with van der Waals surface area (Å²) in [4.78, 5) is 14.8. The molecule has 0 bridgehead atoms. The smallest absolute Gasteiger partial charge is 0.255 e. The zero-order valence-corrected chi connectivity index (χ0v) is 12.7. The predicted octanol–water partition coefficient (Wildman–Crippen LogP) is 3.20. The van der Waals surface area contributed by atoms with E-state index < -0.39 is 0 Å². The number of thiophene rings is 1. The maximum absolute atomic E-state index is 12.3. The van der Waals surface area contributed by atoms with Crippen LogP contribution in [0.5, 0.6) is 0 Å². The van der Waals surface area contributed by atoms with Gasteiger partial charge in [0.25, 0.3) is 5.91 Å². The fraction of sp³-hybridized carbons (Fsp3) is 0.429. The second-order valence-corrected chi connectivity index (χ2v) is 6.33. The summed E-state index contributed by atoms with van der Waals surface area (Å²) in [5.41, 5.74) is 3.38. The lowest BCUT2D eigenvalue weighted by atomic mass is 10.1. The van der Waals surface area contributed by atoms with E-state index in [0.717, 1.165) is 11.4 Å². The van der Waals surface area contributed by atoms with E-state index in [0.29, 0.717) is 5.56 Å². The summed E-state index contributed by atoms with van der Waals surface area (Å²) in [6.07, 6.45) is 0. The number of carbonyl (C=O) groups excluding carboxylic acids is 1. The summed E-state index contributed by atoms with van der Waals surface area (Å²) in [6, 6.07) is 2.14. The minimum Gasteiger partial charge on any atom is -0.345 e. The first kappa shape index (κ1) is 13.8. The molecule has 0 aliphatic carbocycles. The first-order chi connectivity index (χ1) is 8.90. The maximum Gasteiger partial charge on any atom is 0.255 e. The molecule has 0 aliphatic rings. The quantitative estimate of drug-likeness (QED) is 0.905. The topological polar surface area (TPSA) is 57.8 Å². The van der Waals surface area contributed by atoms with Crippen molar-refractivity contribution >= 4 is 17.2 Å². The van der Waals surface area contributed by atoms with Crippen molar-refractivity contribution in [3.05, 3.63) is 38.3 Å².